The van der Waals surface area contributed by atoms with Gasteiger partial charge < -0.3 is 9.29 Å². The van der Waals surface area contributed by atoms with Crippen molar-refractivity contribution in [1.29, 1.82) is 0 Å². The van der Waals surface area contributed by atoms with Crippen molar-refractivity contribution in [2.24, 2.45) is 0 Å². The van der Waals surface area contributed by atoms with E-state index in [0.717, 1.165) is 27.8 Å². The maximum Gasteiger partial charge on any atom is 0.573 e. The minimum atomic E-state index is -4.83. The summed E-state index contributed by atoms with van der Waals surface area (Å²) < 4.78 is 96.8. The Labute approximate surface area is 211 Å². The average Bonchev–Trinajstić information content (AvgIpc) is 3.12. The number of fused-ring (bicyclic) bond motifs is 1. The van der Waals surface area contributed by atoms with E-state index in [4.69, 9.17) is 0 Å². The molecule has 0 saturated carbocycles. The quantitative estimate of drug-likeness (QED) is 0.255. The number of hydrogen-bond acceptors (Lipinski definition) is 5. The Morgan fingerprint density at radius 3 is 2.50 bits per heavy atom. The number of alkyl halides is 5. The standard InChI is InChI=1S/C24H25F5N2O3S2/c1-16-20-5-2-3-6-21(20)35-22(16)31(36(32)33)14-18(30-12-4-11-23(25,26)15-30)13-17-7-9-19(10-8-17)34-24(27,28)29/h2-3,5-10,18H,4,11-15H2,1H3,(H,32,33)/p-1. The number of nitrogens with zero attached hydrogens (tertiary/aromatic N) is 2. The predicted molar refractivity (Wildman–Crippen MR) is 129 cm³/mol. The van der Waals surface area contributed by atoms with Gasteiger partial charge in [0.25, 0.3) is 5.92 Å². The first-order valence-corrected chi connectivity index (χ1v) is 13.1. The van der Waals surface area contributed by atoms with E-state index < -0.39 is 41.9 Å². The molecular weight excluding hydrogens is 523 g/mol. The highest BCUT2D eigenvalue weighted by Crippen LogP contribution is 2.39. The first-order valence-electron chi connectivity index (χ1n) is 11.2. The van der Waals surface area contributed by atoms with Gasteiger partial charge >= 0.3 is 6.36 Å². The Morgan fingerprint density at radius 2 is 1.89 bits per heavy atom. The highest BCUT2D eigenvalue weighted by atomic mass is 32.2. The molecule has 1 saturated heterocycles. The summed E-state index contributed by atoms with van der Waals surface area (Å²) in [5.41, 5.74) is 1.35. The molecule has 0 N–H and O–H groups in total. The lowest BCUT2D eigenvalue weighted by molar-refractivity contribution is -0.274. The van der Waals surface area contributed by atoms with E-state index in [0.29, 0.717) is 17.1 Å². The smallest absolute Gasteiger partial charge is 0.573 e. The summed E-state index contributed by atoms with van der Waals surface area (Å²) in [6, 6.07) is 12.0. The number of hydrogen-bond donors (Lipinski definition) is 0. The normalized spacial score (nSPS) is 18.2. The van der Waals surface area contributed by atoms with Crippen molar-refractivity contribution >= 4 is 37.7 Å². The molecule has 3 aromatic rings. The number of halogens is 5. The Kier molecular flexibility index (Phi) is 7.89. The Bertz CT molecular complexity index is 1220. The van der Waals surface area contributed by atoms with Gasteiger partial charge in [-0.2, -0.15) is 0 Å². The number of ether oxygens (including phenoxy) is 1. The molecule has 2 aromatic carbocycles. The fourth-order valence-corrected chi connectivity index (χ4v) is 6.50. The molecule has 0 radical (unpaired) electrons. The molecule has 1 fully saturated rings. The van der Waals surface area contributed by atoms with Crippen molar-refractivity contribution in [3.05, 3.63) is 59.7 Å². The summed E-state index contributed by atoms with van der Waals surface area (Å²) in [4.78, 5) is 1.58. The number of piperidine rings is 1. The summed E-state index contributed by atoms with van der Waals surface area (Å²) in [6.07, 6.45) is -4.65. The molecule has 5 nitrogen and oxygen atoms in total. The van der Waals surface area contributed by atoms with Crippen LogP contribution in [-0.2, 0) is 17.7 Å². The van der Waals surface area contributed by atoms with Crippen molar-refractivity contribution in [3.8, 4) is 5.75 Å². The third kappa shape index (κ3) is 6.53. The highest BCUT2D eigenvalue weighted by molar-refractivity contribution is 7.81. The van der Waals surface area contributed by atoms with Crippen molar-refractivity contribution in [1.82, 2.24) is 4.90 Å². The van der Waals surface area contributed by atoms with Crippen LogP contribution in [0.5, 0.6) is 5.75 Å². The molecule has 0 bridgehead atoms. The van der Waals surface area contributed by atoms with Crippen LogP contribution in [0.15, 0.2) is 48.5 Å². The van der Waals surface area contributed by atoms with Gasteiger partial charge in [-0.25, -0.2) is 8.78 Å². The first kappa shape index (κ1) is 26.8. The van der Waals surface area contributed by atoms with Crippen molar-refractivity contribution in [2.45, 2.75) is 44.5 Å². The Hall–Kier alpha value is -2.28. The van der Waals surface area contributed by atoms with E-state index in [1.165, 1.54) is 27.8 Å². The molecule has 2 heterocycles. The first-order chi connectivity index (χ1) is 16.9. The Balaban J connectivity index is 1.63. The van der Waals surface area contributed by atoms with E-state index >= 15 is 0 Å². The fourth-order valence-electron chi connectivity index (χ4n) is 4.52. The molecule has 2 atom stereocenters. The second-order valence-electron chi connectivity index (χ2n) is 8.79. The van der Waals surface area contributed by atoms with Crippen LogP contribution in [0.3, 0.4) is 0 Å². The van der Waals surface area contributed by atoms with Gasteiger partial charge in [-0.15, -0.1) is 24.5 Å². The fraction of sp³-hybridized carbons (Fsp3) is 0.417. The highest BCUT2D eigenvalue weighted by Gasteiger charge is 2.38. The van der Waals surface area contributed by atoms with Crippen LogP contribution in [-0.4, -0.2) is 51.6 Å². The van der Waals surface area contributed by atoms with E-state index in [-0.39, 0.29) is 25.8 Å². The topological polar surface area (TPSA) is 55.8 Å². The number of benzene rings is 2. The second kappa shape index (κ2) is 10.6. The number of likely N-dealkylation sites (tertiary alicyclic amines) is 1. The van der Waals surface area contributed by atoms with Crippen molar-refractivity contribution < 1.29 is 35.5 Å². The van der Waals surface area contributed by atoms with Gasteiger partial charge in [-0.05, 0) is 61.0 Å². The van der Waals surface area contributed by atoms with Crippen molar-refractivity contribution in [2.75, 3.05) is 23.9 Å². The van der Waals surface area contributed by atoms with Crippen LogP contribution in [0.1, 0.15) is 24.0 Å². The largest absolute Gasteiger partial charge is 0.755 e. The monoisotopic (exact) mass is 547 g/mol. The summed E-state index contributed by atoms with van der Waals surface area (Å²) in [5, 5.41) is 1.42. The number of thiophene rings is 1. The molecule has 196 valence electrons. The Morgan fingerprint density at radius 1 is 1.19 bits per heavy atom. The molecule has 0 aliphatic carbocycles. The average molecular weight is 548 g/mol. The molecule has 2 unspecified atom stereocenters. The molecular formula is C24H24F5N2O3S2-. The van der Waals surface area contributed by atoms with Gasteiger partial charge in [0, 0.05) is 35.0 Å². The third-order valence-corrected chi connectivity index (χ3v) is 8.27. The lowest BCUT2D eigenvalue weighted by atomic mass is 9.99. The van der Waals surface area contributed by atoms with Crippen molar-refractivity contribution in [3.63, 3.8) is 0 Å². The molecule has 36 heavy (non-hydrogen) atoms. The van der Waals surface area contributed by atoms with Crippen LogP contribution in [0.2, 0.25) is 0 Å². The molecule has 0 spiro atoms. The lowest BCUT2D eigenvalue weighted by Crippen LogP contribution is -2.52. The van der Waals surface area contributed by atoms with Crippen LogP contribution < -0.4 is 9.04 Å². The van der Waals surface area contributed by atoms with Gasteiger partial charge in [0.1, 0.15) is 10.8 Å². The summed E-state index contributed by atoms with van der Waals surface area (Å²) in [6.45, 7) is 1.58. The molecule has 12 heteroatoms. The number of aryl methyl sites for hydroxylation is 1. The molecule has 0 amide bonds. The van der Waals surface area contributed by atoms with E-state index in [1.54, 1.807) is 4.90 Å². The van der Waals surface area contributed by atoms with Gasteiger partial charge in [0.05, 0.1) is 6.54 Å². The SMILES string of the molecule is Cc1c(N(CC(Cc2ccc(OC(F)(F)F)cc2)N2CCCC(F)(F)C2)S(=O)[O-])sc2ccccc12. The van der Waals surface area contributed by atoms with Crippen LogP contribution in [0.4, 0.5) is 27.0 Å². The van der Waals surface area contributed by atoms with Gasteiger partial charge in [0.2, 0.25) is 0 Å². The maximum atomic E-state index is 14.3. The lowest BCUT2D eigenvalue weighted by Gasteiger charge is -2.40. The van der Waals surface area contributed by atoms with E-state index in [1.807, 2.05) is 31.2 Å². The summed E-state index contributed by atoms with van der Waals surface area (Å²) in [7, 11) is 0. The van der Waals surface area contributed by atoms with Crippen LogP contribution in [0.25, 0.3) is 10.1 Å². The number of anilines is 1. The van der Waals surface area contributed by atoms with Crippen LogP contribution >= 0.6 is 11.3 Å². The van der Waals surface area contributed by atoms with Crippen LogP contribution in [0, 0.1) is 6.92 Å². The van der Waals surface area contributed by atoms with Gasteiger partial charge in [0.15, 0.2) is 0 Å². The zero-order valence-corrected chi connectivity index (χ0v) is 20.9. The predicted octanol–water partition coefficient (Wildman–Crippen LogP) is 6.05. The summed E-state index contributed by atoms with van der Waals surface area (Å²) >= 11 is -1.37. The minimum Gasteiger partial charge on any atom is -0.755 e. The minimum absolute atomic E-state index is 0.0827. The molecule has 4 rings (SSSR count). The summed E-state index contributed by atoms with van der Waals surface area (Å²) in [5.74, 6) is -3.30. The molecule has 1 aromatic heterocycles. The van der Waals surface area contributed by atoms with Gasteiger partial charge in [-0.1, -0.05) is 30.3 Å². The van der Waals surface area contributed by atoms with Gasteiger partial charge in [-0.3, -0.25) is 13.4 Å². The molecule has 1 aliphatic rings. The second-order valence-corrected chi connectivity index (χ2v) is 10.7. The number of rotatable bonds is 8. The third-order valence-electron chi connectivity index (χ3n) is 6.17. The molecule has 1 aliphatic heterocycles. The maximum absolute atomic E-state index is 14.3. The van der Waals surface area contributed by atoms with E-state index in [9.17, 15) is 30.7 Å². The van der Waals surface area contributed by atoms with E-state index in [2.05, 4.69) is 4.74 Å². The zero-order chi connectivity index (χ0) is 26.1. The zero-order valence-electron chi connectivity index (χ0n) is 19.3.